The minimum atomic E-state index is -0.733. The molecule has 5 heteroatoms. The number of carbonyl (C=O) groups is 2. The second-order valence-electron chi connectivity index (χ2n) is 5.81. The second-order valence-corrected chi connectivity index (χ2v) is 5.81. The van der Waals surface area contributed by atoms with Gasteiger partial charge in [0, 0.05) is 12.3 Å². The maximum Gasteiger partial charge on any atom is 0.240 e. The van der Waals surface area contributed by atoms with Gasteiger partial charge in [0.15, 0.2) is 0 Å². The molecule has 1 fully saturated rings. The molecule has 22 heavy (non-hydrogen) atoms. The molecular weight excluding hydrogens is 278 g/mol. The minimum absolute atomic E-state index is 0.0129. The zero-order valence-corrected chi connectivity index (χ0v) is 12.5. The van der Waals surface area contributed by atoms with E-state index < -0.39 is 11.9 Å². The third-order valence-corrected chi connectivity index (χ3v) is 4.13. The van der Waals surface area contributed by atoms with Crippen LogP contribution < -0.4 is 11.1 Å². The molecule has 1 aliphatic carbocycles. The number of nitriles is 1. The van der Waals surface area contributed by atoms with Crippen LogP contribution in [0.4, 0.5) is 0 Å². The van der Waals surface area contributed by atoms with Gasteiger partial charge in [-0.15, -0.1) is 0 Å². The van der Waals surface area contributed by atoms with Crippen LogP contribution in [0.15, 0.2) is 24.3 Å². The van der Waals surface area contributed by atoms with Gasteiger partial charge >= 0.3 is 0 Å². The first-order chi connectivity index (χ1) is 10.6. The normalized spacial score (nSPS) is 16.5. The summed E-state index contributed by atoms with van der Waals surface area (Å²) in [5.41, 5.74) is 6.75. The lowest BCUT2D eigenvalue weighted by Gasteiger charge is -2.23. The van der Waals surface area contributed by atoms with Crippen molar-refractivity contribution >= 4 is 11.8 Å². The molecule has 1 aliphatic rings. The molecule has 0 radical (unpaired) electrons. The van der Waals surface area contributed by atoms with Gasteiger partial charge in [-0.05, 0) is 30.5 Å². The van der Waals surface area contributed by atoms with Crippen molar-refractivity contribution in [2.75, 3.05) is 0 Å². The molecule has 3 N–H and O–H groups in total. The molecule has 1 aromatic rings. The maximum atomic E-state index is 12.3. The van der Waals surface area contributed by atoms with Crippen molar-refractivity contribution in [3.8, 4) is 6.07 Å². The highest BCUT2D eigenvalue weighted by atomic mass is 16.2. The molecule has 1 atom stereocenters. The third-order valence-electron chi connectivity index (χ3n) is 4.13. The monoisotopic (exact) mass is 299 g/mol. The van der Waals surface area contributed by atoms with Crippen LogP contribution in [0.25, 0.3) is 0 Å². The molecule has 2 rings (SSSR count). The number of nitrogens with zero attached hydrogens (tertiary/aromatic N) is 1. The highest BCUT2D eigenvalue weighted by molar-refractivity contribution is 5.87. The molecule has 0 aromatic heterocycles. The molecule has 2 amide bonds. The Morgan fingerprint density at radius 2 is 2.05 bits per heavy atom. The molecule has 116 valence electrons. The Hall–Kier alpha value is -2.35. The van der Waals surface area contributed by atoms with Crippen molar-refractivity contribution < 1.29 is 9.59 Å². The number of nitrogens with one attached hydrogen (secondary N) is 1. The Bertz CT molecular complexity index is 586. The van der Waals surface area contributed by atoms with Gasteiger partial charge < -0.3 is 11.1 Å². The molecule has 0 bridgehead atoms. The van der Waals surface area contributed by atoms with Crippen molar-refractivity contribution in [2.45, 2.75) is 44.6 Å². The zero-order valence-electron chi connectivity index (χ0n) is 12.5. The number of rotatable bonds is 5. The molecule has 0 unspecified atom stereocenters. The quantitative estimate of drug-likeness (QED) is 0.865. The van der Waals surface area contributed by atoms with E-state index in [1.807, 2.05) is 6.07 Å². The van der Waals surface area contributed by atoms with E-state index in [-0.39, 0.29) is 11.8 Å². The number of primary amides is 1. The van der Waals surface area contributed by atoms with Gasteiger partial charge in [-0.25, -0.2) is 0 Å². The topological polar surface area (TPSA) is 96.0 Å². The molecule has 5 nitrogen and oxygen atoms in total. The highest BCUT2D eigenvalue weighted by Crippen LogP contribution is 2.23. The number of amides is 2. The fraction of sp³-hybridized carbons (Fsp3) is 0.471. The number of nitrogens with two attached hydrogens (primary N) is 1. The van der Waals surface area contributed by atoms with Crippen LogP contribution in [0, 0.1) is 17.2 Å². The van der Waals surface area contributed by atoms with E-state index in [0.717, 1.165) is 31.2 Å². The first kappa shape index (κ1) is 16.0. The Balaban J connectivity index is 2.01. The molecule has 0 aliphatic heterocycles. The molecule has 1 saturated carbocycles. The predicted octanol–water partition coefficient (Wildman–Crippen LogP) is 1.65. The second kappa shape index (κ2) is 7.60. The van der Waals surface area contributed by atoms with E-state index in [9.17, 15) is 9.59 Å². The van der Waals surface area contributed by atoms with E-state index in [0.29, 0.717) is 12.0 Å². The van der Waals surface area contributed by atoms with E-state index in [1.165, 1.54) is 6.42 Å². The van der Waals surface area contributed by atoms with Crippen LogP contribution in [0.3, 0.4) is 0 Å². The standard InChI is InChI=1S/C17H21N3O2/c18-11-13-6-4-5-12(9-13)10-15(16(19)21)20-17(22)14-7-2-1-3-8-14/h4-6,9,14-15H,1-3,7-8,10H2,(H2,19,21)(H,20,22)/t15-/m1/s1. The molecule has 0 spiro atoms. The van der Waals surface area contributed by atoms with Crippen molar-refractivity contribution in [2.24, 2.45) is 11.7 Å². The number of carbonyl (C=O) groups excluding carboxylic acids is 2. The summed E-state index contributed by atoms with van der Waals surface area (Å²) < 4.78 is 0. The van der Waals surface area contributed by atoms with Gasteiger partial charge in [0.25, 0.3) is 0 Å². The fourth-order valence-corrected chi connectivity index (χ4v) is 2.88. The Morgan fingerprint density at radius 3 is 2.68 bits per heavy atom. The summed E-state index contributed by atoms with van der Waals surface area (Å²) in [6.45, 7) is 0. The average Bonchev–Trinajstić information content (AvgIpc) is 2.55. The molecule has 1 aromatic carbocycles. The van der Waals surface area contributed by atoms with Crippen molar-refractivity contribution in [1.82, 2.24) is 5.32 Å². The number of hydrogen-bond acceptors (Lipinski definition) is 3. The fourth-order valence-electron chi connectivity index (χ4n) is 2.88. The Kier molecular flexibility index (Phi) is 5.54. The smallest absolute Gasteiger partial charge is 0.240 e. The summed E-state index contributed by atoms with van der Waals surface area (Å²) in [5.74, 6) is -0.646. The summed E-state index contributed by atoms with van der Waals surface area (Å²) >= 11 is 0. The molecular formula is C17H21N3O2. The van der Waals surface area contributed by atoms with E-state index in [2.05, 4.69) is 11.4 Å². The third kappa shape index (κ3) is 4.32. The predicted molar refractivity (Wildman–Crippen MR) is 82.6 cm³/mol. The van der Waals surface area contributed by atoms with Gasteiger partial charge in [-0.2, -0.15) is 5.26 Å². The number of hydrogen-bond donors (Lipinski definition) is 2. The average molecular weight is 299 g/mol. The first-order valence-electron chi connectivity index (χ1n) is 7.69. The van der Waals surface area contributed by atoms with Crippen LogP contribution in [0.5, 0.6) is 0 Å². The lowest BCUT2D eigenvalue weighted by molar-refractivity contribution is -0.130. The number of benzene rings is 1. The van der Waals surface area contributed by atoms with Crippen LogP contribution >= 0.6 is 0 Å². The van der Waals surface area contributed by atoms with Gasteiger partial charge in [-0.3, -0.25) is 9.59 Å². The van der Waals surface area contributed by atoms with E-state index in [1.54, 1.807) is 18.2 Å². The SMILES string of the molecule is N#Cc1cccc(C[C@@H](NC(=O)C2CCCCC2)C(N)=O)c1. The van der Waals surface area contributed by atoms with Crippen LogP contribution in [-0.4, -0.2) is 17.9 Å². The van der Waals surface area contributed by atoms with Gasteiger partial charge in [-0.1, -0.05) is 31.4 Å². The molecule has 0 heterocycles. The first-order valence-corrected chi connectivity index (χ1v) is 7.69. The van der Waals surface area contributed by atoms with Gasteiger partial charge in [0.1, 0.15) is 6.04 Å². The minimum Gasteiger partial charge on any atom is -0.368 e. The summed E-state index contributed by atoms with van der Waals surface area (Å²) in [7, 11) is 0. The summed E-state index contributed by atoms with van der Waals surface area (Å²) in [5, 5.41) is 11.7. The van der Waals surface area contributed by atoms with E-state index >= 15 is 0 Å². The largest absolute Gasteiger partial charge is 0.368 e. The maximum absolute atomic E-state index is 12.3. The van der Waals surface area contributed by atoms with Gasteiger partial charge in [0.05, 0.1) is 11.6 Å². The van der Waals surface area contributed by atoms with Crippen molar-refractivity contribution in [1.29, 1.82) is 5.26 Å². The van der Waals surface area contributed by atoms with Crippen LogP contribution in [0.2, 0.25) is 0 Å². The summed E-state index contributed by atoms with van der Waals surface area (Å²) in [6, 6.07) is 8.32. The lowest BCUT2D eigenvalue weighted by Crippen LogP contribution is -2.48. The molecule has 0 saturated heterocycles. The highest BCUT2D eigenvalue weighted by Gasteiger charge is 2.25. The Labute approximate surface area is 130 Å². The lowest BCUT2D eigenvalue weighted by atomic mass is 9.88. The van der Waals surface area contributed by atoms with Crippen LogP contribution in [0.1, 0.15) is 43.2 Å². The zero-order chi connectivity index (χ0) is 15.9. The summed E-state index contributed by atoms with van der Waals surface area (Å²) in [6.07, 6.45) is 5.35. The van der Waals surface area contributed by atoms with Crippen molar-refractivity contribution in [3.05, 3.63) is 35.4 Å². The van der Waals surface area contributed by atoms with Crippen molar-refractivity contribution in [3.63, 3.8) is 0 Å². The van der Waals surface area contributed by atoms with Crippen LogP contribution in [-0.2, 0) is 16.0 Å². The van der Waals surface area contributed by atoms with E-state index in [4.69, 9.17) is 11.0 Å². The Morgan fingerprint density at radius 1 is 1.32 bits per heavy atom. The van der Waals surface area contributed by atoms with Gasteiger partial charge in [0.2, 0.25) is 11.8 Å². The summed E-state index contributed by atoms with van der Waals surface area (Å²) in [4.78, 5) is 23.9.